The Morgan fingerprint density at radius 3 is 1.16 bits per heavy atom. The monoisotopic (exact) mass is 1200 g/mol. The highest BCUT2D eigenvalue weighted by Gasteiger charge is 2.44. The van der Waals surface area contributed by atoms with Crippen LogP contribution in [-0.2, 0) is 23.8 Å². The van der Waals surface area contributed by atoms with Crippen LogP contribution in [0, 0.1) is 0 Å². The lowest BCUT2D eigenvalue weighted by Gasteiger charge is -2.40. The van der Waals surface area contributed by atoms with Crippen LogP contribution in [0.2, 0.25) is 0 Å². The number of aliphatic hydroxyl groups excluding tert-OH is 5. The topological polar surface area (TPSA) is 175 Å². The second-order valence-electron chi connectivity index (χ2n) is 25.6. The lowest BCUT2D eigenvalue weighted by molar-refractivity contribution is -0.302. The van der Waals surface area contributed by atoms with Crippen LogP contribution in [0.5, 0.6) is 0 Å². The van der Waals surface area contributed by atoms with Gasteiger partial charge in [-0.05, 0) is 70.6 Å². The Labute approximate surface area is 523 Å². The van der Waals surface area contributed by atoms with Gasteiger partial charge in [-0.3, -0.25) is 9.59 Å². The van der Waals surface area contributed by atoms with Gasteiger partial charge in [0.25, 0.3) is 0 Å². The highest BCUT2D eigenvalue weighted by atomic mass is 16.7. The predicted molar refractivity (Wildman–Crippen MR) is 357 cm³/mol. The van der Waals surface area contributed by atoms with E-state index in [2.05, 4.69) is 43.5 Å². The Morgan fingerprint density at radius 2 is 0.765 bits per heavy atom. The molecule has 85 heavy (non-hydrogen) atoms. The molecule has 0 spiro atoms. The van der Waals surface area contributed by atoms with Gasteiger partial charge in [0.05, 0.1) is 32.0 Å². The molecule has 1 saturated heterocycles. The van der Waals surface area contributed by atoms with Crippen molar-refractivity contribution in [1.29, 1.82) is 0 Å². The van der Waals surface area contributed by atoms with Crippen LogP contribution in [0.25, 0.3) is 0 Å². The molecule has 0 bridgehead atoms. The van der Waals surface area contributed by atoms with Crippen molar-refractivity contribution < 1.29 is 49.3 Å². The van der Waals surface area contributed by atoms with E-state index in [1.807, 2.05) is 6.08 Å². The van der Waals surface area contributed by atoms with Crippen molar-refractivity contribution in [2.24, 2.45) is 0 Å². The maximum absolute atomic E-state index is 13.1. The van der Waals surface area contributed by atoms with E-state index in [4.69, 9.17) is 14.2 Å². The first-order valence-electron chi connectivity index (χ1n) is 36.8. The summed E-state index contributed by atoms with van der Waals surface area (Å²) in [6.45, 7) is 4.35. The van der Waals surface area contributed by atoms with Gasteiger partial charge in [0.1, 0.15) is 24.4 Å². The highest BCUT2D eigenvalue weighted by molar-refractivity contribution is 5.76. The number of amides is 1. The molecular weight excluding hydrogens is 1060 g/mol. The van der Waals surface area contributed by atoms with E-state index in [1.54, 1.807) is 6.08 Å². The fraction of sp³-hybridized carbons (Fsp3) is 0.892. The predicted octanol–water partition coefficient (Wildman–Crippen LogP) is 19.0. The third-order valence-corrected chi connectivity index (χ3v) is 17.5. The van der Waals surface area contributed by atoms with E-state index >= 15 is 0 Å². The second kappa shape index (κ2) is 63.4. The molecule has 6 N–H and O–H groups in total. The first-order chi connectivity index (χ1) is 41.7. The van der Waals surface area contributed by atoms with Crippen LogP contribution < -0.4 is 5.32 Å². The summed E-state index contributed by atoms with van der Waals surface area (Å²) in [7, 11) is 0. The van der Waals surface area contributed by atoms with Crippen molar-refractivity contribution in [2.75, 3.05) is 19.8 Å². The van der Waals surface area contributed by atoms with Crippen molar-refractivity contribution in [3.63, 3.8) is 0 Å². The fourth-order valence-corrected chi connectivity index (χ4v) is 11.7. The third kappa shape index (κ3) is 52.4. The largest absolute Gasteiger partial charge is 0.466 e. The molecule has 0 aliphatic carbocycles. The van der Waals surface area contributed by atoms with Crippen LogP contribution in [0.1, 0.15) is 361 Å². The van der Waals surface area contributed by atoms with Crippen molar-refractivity contribution in [3.8, 4) is 0 Å². The molecule has 0 saturated carbocycles. The van der Waals surface area contributed by atoms with Gasteiger partial charge in [-0.1, -0.05) is 314 Å². The molecule has 1 amide bonds. The van der Waals surface area contributed by atoms with Crippen molar-refractivity contribution in [1.82, 2.24) is 5.32 Å². The van der Waals surface area contributed by atoms with Crippen LogP contribution >= 0.6 is 0 Å². The molecule has 0 radical (unpaired) electrons. The number of hydrogen-bond acceptors (Lipinski definition) is 10. The molecule has 1 rings (SSSR count). The summed E-state index contributed by atoms with van der Waals surface area (Å²) in [5.41, 5.74) is 0. The first-order valence-corrected chi connectivity index (χ1v) is 36.8. The van der Waals surface area contributed by atoms with Gasteiger partial charge in [0.15, 0.2) is 6.29 Å². The SMILES string of the molecule is CCCCCCCC/C=C/CC/C=C/C(O)C(COC1OC(CO)C(O)C(O)C1O)NC(=O)CCCCCCCCCCCCCCCCCCC/C=C\CCCCCCCCCCCCCCOC(=O)CCCCCCCCCCCCCC. The number of ether oxygens (including phenoxy) is 3. The maximum Gasteiger partial charge on any atom is 0.305 e. The van der Waals surface area contributed by atoms with Gasteiger partial charge < -0.3 is 45.1 Å². The molecular formula is C74H139NO10. The smallest absolute Gasteiger partial charge is 0.305 e. The summed E-state index contributed by atoms with van der Waals surface area (Å²) in [4.78, 5) is 25.1. The number of rotatable bonds is 65. The van der Waals surface area contributed by atoms with Gasteiger partial charge in [0.2, 0.25) is 5.91 Å². The van der Waals surface area contributed by atoms with Crippen molar-refractivity contribution in [3.05, 3.63) is 36.5 Å². The zero-order chi connectivity index (χ0) is 61.6. The molecule has 1 aliphatic rings. The number of esters is 1. The Hall–Kier alpha value is -2.12. The molecule has 1 aliphatic heterocycles. The average Bonchev–Trinajstić information content (AvgIpc) is 3.30. The summed E-state index contributed by atoms with van der Waals surface area (Å²) in [6.07, 6.45) is 71.6. The molecule has 11 nitrogen and oxygen atoms in total. The Kier molecular flexibility index (Phi) is 60.4. The van der Waals surface area contributed by atoms with E-state index in [9.17, 15) is 35.1 Å². The number of unbranched alkanes of at least 4 members (excludes halogenated alkanes) is 47. The summed E-state index contributed by atoms with van der Waals surface area (Å²) in [5, 5.41) is 54.4. The number of allylic oxidation sites excluding steroid dienone is 5. The summed E-state index contributed by atoms with van der Waals surface area (Å²) >= 11 is 0. The summed E-state index contributed by atoms with van der Waals surface area (Å²) < 4.78 is 16.7. The molecule has 7 unspecified atom stereocenters. The molecule has 0 aromatic carbocycles. The highest BCUT2D eigenvalue weighted by Crippen LogP contribution is 2.23. The lowest BCUT2D eigenvalue weighted by Crippen LogP contribution is -2.60. The van der Waals surface area contributed by atoms with Gasteiger partial charge in [0, 0.05) is 12.8 Å². The standard InChI is InChI=1S/C74H139NO10/c1-3-5-7-9-11-13-15-40-44-48-52-56-60-67(77)66(65-84-74-73(82)72(81)71(80)68(64-76)85-74)75-69(78)61-57-53-49-45-41-38-36-34-32-30-28-26-24-22-20-18-17-19-21-23-25-27-29-31-33-35-37-39-43-47-51-55-59-63-83-70(79)62-58-54-50-46-42-16-14-12-10-8-6-4-2/h21,23,40,44,56,60,66-68,71-74,76-77,80-82H,3-20,22,24-39,41-43,45-55,57-59,61-65H2,1-2H3,(H,75,78)/b23-21-,44-40+,60-56+. The second-order valence-corrected chi connectivity index (χ2v) is 25.6. The Balaban J connectivity index is 1.94. The number of carbonyl (C=O) groups excluding carboxylic acids is 2. The lowest BCUT2D eigenvalue weighted by atomic mass is 9.99. The molecule has 11 heteroatoms. The Bertz CT molecular complexity index is 1510. The minimum Gasteiger partial charge on any atom is -0.466 e. The molecule has 1 heterocycles. The third-order valence-electron chi connectivity index (χ3n) is 17.5. The minimum atomic E-state index is -1.57. The van der Waals surface area contributed by atoms with E-state index in [0.717, 1.165) is 51.4 Å². The molecule has 0 aromatic heterocycles. The number of hydrogen-bond donors (Lipinski definition) is 6. The van der Waals surface area contributed by atoms with E-state index in [1.165, 1.54) is 283 Å². The molecule has 0 aromatic rings. The van der Waals surface area contributed by atoms with Crippen LogP contribution in [-0.4, -0.2) is 100 Å². The minimum absolute atomic E-state index is 0.0123. The summed E-state index contributed by atoms with van der Waals surface area (Å²) in [5.74, 6) is -0.176. The summed E-state index contributed by atoms with van der Waals surface area (Å²) in [6, 6.07) is -0.825. The number of aliphatic hydroxyl groups is 5. The van der Waals surface area contributed by atoms with E-state index < -0.39 is 49.5 Å². The maximum atomic E-state index is 13.1. The first kappa shape index (κ1) is 80.9. The Morgan fingerprint density at radius 1 is 0.424 bits per heavy atom. The van der Waals surface area contributed by atoms with E-state index in [-0.39, 0.29) is 18.5 Å². The zero-order valence-electron chi connectivity index (χ0n) is 55.6. The zero-order valence-corrected chi connectivity index (χ0v) is 55.6. The number of carbonyl (C=O) groups is 2. The molecule has 1 fully saturated rings. The van der Waals surface area contributed by atoms with E-state index in [0.29, 0.717) is 19.4 Å². The van der Waals surface area contributed by atoms with Crippen LogP contribution in [0.3, 0.4) is 0 Å². The van der Waals surface area contributed by atoms with Crippen molar-refractivity contribution in [2.45, 2.75) is 403 Å². The molecule has 7 atom stereocenters. The number of nitrogens with one attached hydrogen (secondary N) is 1. The van der Waals surface area contributed by atoms with Crippen molar-refractivity contribution >= 4 is 11.9 Å². The van der Waals surface area contributed by atoms with Gasteiger partial charge in [-0.15, -0.1) is 0 Å². The van der Waals surface area contributed by atoms with Crippen LogP contribution in [0.15, 0.2) is 36.5 Å². The normalized spacial score (nSPS) is 18.1. The fourth-order valence-electron chi connectivity index (χ4n) is 11.7. The van der Waals surface area contributed by atoms with Gasteiger partial charge in [-0.2, -0.15) is 0 Å². The molecule has 500 valence electrons. The van der Waals surface area contributed by atoms with Gasteiger partial charge in [-0.25, -0.2) is 0 Å². The average molecular weight is 1200 g/mol. The quantitative estimate of drug-likeness (QED) is 0.0195. The van der Waals surface area contributed by atoms with Gasteiger partial charge >= 0.3 is 5.97 Å². The van der Waals surface area contributed by atoms with Crippen LogP contribution in [0.4, 0.5) is 0 Å².